The number of anilines is 2. The van der Waals surface area contributed by atoms with E-state index in [2.05, 4.69) is 48.0 Å². The van der Waals surface area contributed by atoms with Gasteiger partial charge < -0.3 is 20.2 Å². The molecule has 1 aliphatic rings. The highest BCUT2D eigenvalue weighted by molar-refractivity contribution is 8.00. The SMILES string of the molecule is C=CC(=O)Nc1ccc(C2C(Nc3ncc(SCc4ncc(C(C)(C)C)o4)s3)CCCN2C(=O)O)cc1. The van der Waals surface area contributed by atoms with Crippen LogP contribution in [-0.4, -0.2) is 44.6 Å². The van der Waals surface area contributed by atoms with Crippen LogP contribution >= 0.6 is 23.1 Å². The van der Waals surface area contributed by atoms with E-state index in [1.54, 1.807) is 30.1 Å². The number of benzene rings is 1. The topological polar surface area (TPSA) is 121 Å². The number of hydrogen-bond donors (Lipinski definition) is 3. The number of carboxylic acid groups (broad SMARTS) is 1. The summed E-state index contributed by atoms with van der Waals surface area (Å²) in [6.07, 6.45) is 5.40. The van der Waals surface area contributed by atoms with Gasteiger partial charge in [-0.1, -0.05) is 50.8 Å². The quantitative estimate of drug-likeness (QED) is 0.230. The second kappa shape index (κ2) is 11.4. The van der Waals surface area contributed by atoms with Crippen molar-refractivity contribution in [1.82, 2.24) is 14.9 Å². The first kappa shape index (κ1) is 26.7. The highest BCUT2D eigenvalue weighted by Gasteiger charge is 2.36. The second-order valence-electron chi connectivity index (χ2n) is 9.77. The largest absolute Gasteiger partial charge is 0.465 e. The Morgan fingerprint density at radius 2 is 2.03 bits per heavy atom. The Balaban J connectivity index is 1.45. The summed E-state index contributed by atoms with van der Waals surface area (Å²) in [6.45, 7) is 10.2. The van der Waals surface area contributed by atoms with Gasteiger partial charge in [0.25, 0.3) is 0 Å². The molecule has 0 saturated carbocycles. The number of oxazole rings is 1. The summed E-state index contributed by atoms with van der Waals surface area (Å²) >= 11 is 3.13. The molecule has 3 N–H and O–H groups in total. The van der Waals surface area contributed by atoms with E-state index in [0.29, 0.717) is 23.9 Å². The minimum absolute atomic E-state index is 0.0856. The van der Waals surface area contributed by atoms with Crippen LogP contribution in [0.15, 0.2) is 57.9 Å². The highest BCUT2D eigenvalue weighted by Crippen LogP contribution is 2.37. The number of amides is 2. The Bertz CT molecular complexity index is 1250. The molecule has 0 aliphatic carbocycles. The third-order valence-electron chi connectivity index (χ3n) is 6.01. The second-order valence-corrected chi connectivity index (χ2v) is 12.1. The Morgan fingerprint density at radius 1 is 1.27 bits per heavy atom. The van der Waals surface area contributed by atoms with Crippen LogP contribution < -0.4 is 10.6 Å². The van der Waals surface area contributed by atoms with Crippen molar-refractivity contribution in [3.63, 3.8) is 0 Å². The van der Waals surface area contributed by atoms with Crippen molar-refractivity contribution in [1.29, 1.82) is 0 Å². The van der Waals surface area contributed by atoms with Crippen molar-refractivity contribution >= 4 is 45.9 Å². The summed E-state index contributed by atoms with van der Waals surface area (Å²) in [7, 11) is 0. The van der Waals surface area contributed by atoms with E-state index >= 15 is 0 Å². The lowest BCUT2D eigenvalue weighted by molar-refractivity contribution is -0.111. The average molecular weight is 542 g/mol. The molecule has 2 unspecified atom stereocenters. The molecule has 11 heteroatoms. The number of carbonyl (C=O) groups excluding carboxylic acids is 1. The van der Waals surface area contributed by atoms with Crippen LogP contribution in [0, 0.1) is 0 Å². The molecule has 2 atom stereocenters. The van der Waals surface area contributed by atoms with Crippen LogP contribution in [0.3, 0.4) is 0 Å². The van der Waals surface area contributed by atoms with Crippen molar-refractivity contribution in [2.45, 2.75) is 61.1 Å². The Morgan fingerprint density at radius 3 is 2.68 bits per heavy atom. The number of nitrogens with one attached hydrogen (secondary N) is 2. The summed E-state index contributed by atoms with van der Waals surface area (Å²) in [5.41, 5.74) is 1.39. The number of thiazole rings is 1. The van der Waals surface area contributed by atoms with Crippen molar-refractivity contribution in [3.8, 4) is 0 Å². The molecule has 2 aromatic heterocycles. The van der Waals surface area contributed by atoms with Crippen LogP contribution in [0.1, 0.15) is 56.9 Å². The van der Waals surface area contributed by atoms with Gasteiger partial charge in [0.05, 0.1) is 34.4 Å². The molecule has 3 heterocycles. The number of carbonyl (C=O) groups is 2. The van der Waals surface area contributed by atoms with E-state index in [0.717, 1.165) is 33.5 Å². The number of piperidine rings is 1. The predicted molar refractivity (Wildman–Crippen MR) is 146 cm³/mol. The van der Waals surface area contributed by atoms with Gasteiger partial charge in [0.1, 0.15) is 5.76 Å². The minimum Gasteiger partial charge on any atom is -0.465 e. The molecule has 9 nitrogen and oxygen atoms in total. The molecule has 37 heavy (non-hydrogen) atoms. The van der Waals surface area contributed by atoms with Gasteiger partial charge in [0.2, 0.25) is 11.8 Å². The van der Waals surface area contributed by atoms with E-state index in [4.69, 9.17) is 4.42 Å². The van der Waals surface area contributed by atoms with Crippen LogP contribution in [0.2, 0.25) is 0 Å². The van der Waals surface area contributed by atoms with Gasteiger partial charge in [0.15, 0.2) is 5.13 Å². The molecule has 196 valence electrons. The maximum absolute atomic E-state index is 12.1. The molecule has 1 fully saturated rings. The molecule has 1 saturated heterocycles. The lowest BCUT2D eigenvalue weighted by Gasteiger charge is -2.40. The fraction of sp³-hybridized carbons (Fsp3) is 0.385. The zero-order valence-corrected chi connectivity index (χ0v) is 22.7. The Labute approximate surface area is 224 Å². The summed E-state index contributed by atoms with van der Waals surface area (Å²) in [6, 6.07) is 6.71. The van der Waals surface area contributed by atoms with Crippen molar-refractivity contribution < 1.29 is 19.1 Å². The summed E-state index contributed by atoms with van der Waals surface area (Å²) in [5.74, 6) is 1.84. The molecular weight excluding hydrogens is 510 g/mol. The van der Waals surface area contributed by atoms with E-state index in [1.165, 1.54) is 22.3 Å². The highest BCUT2D eigenvalue weighted by atomic mass is 32.2. The van der Waals surface area contributed by atoms with Crippen molar-refractivity contribution in [2.24, 2.45) is 0 Å². The van der Waals surface area contributed by atoms with E-state index in [9.17, 15) is 14.7 Å². The lowest BCUT2D eigenvalue weighted by Crippen LogP contribution is -2.47. The Hall–Kier alpha value is -3.31. The van der Waals surface area contributed by atoms with Crippen LogP contribution in [0.25, 0.3) is 0 Å². The van der Waals surface area contributed by atoms with E-state index in [-0.39, 0.29) is 17.4 Å². The van der Waals surface area contributed by atoms with Gasteiger partial charge in [-0.25, -0.2) is 14.8 Å². The summed E-state index contributed by atoms with van der Waals surface area (Å²) in [5, 5.41) is 16.8. The number of thioether (sulfide) groups is 1. The summed E-state index contributed by atoms with van der Waals surface area (Å²) in [4.78, 5) is 34.1. The number of likely N-dealkylation sites (tertiary alicyclic amines) is 1. The van der Waals surface area contributed by atoms with Crippen LogP contribution in [0.5, 0.6) is 0 Å². The lowest BCUT2D eigenvalue weighted by atomic mass is 9.90. The number of hydrogen-bond acceptors (Lipinski definition) is 8. The van der Waals surface area contributed by atoms with E-state index < -0.39 is 12.1 Å². The van der Waals surface area contributed by atoms with Gasteiger partial charge in [-0.15, -0.1) is 11.8 Å². The molecule has 2 amide bonds. The number of nitrogens with zero attached hydrogens (tertiary/aromatic N) is 3. The van der Waals surface area contributed by atoms with Gasteiger partial charge >= 0.3 is 6.09 Å². The van der Waals surface area contributed by atoms with Crippen molar-refractivity contribution in [2.75, 3.05) is 17.2 Å². The number of aromatic nitrogens is 2. The van der Waals surface area contributed by atoms with Gasteiger partial charge in [-0.3, -0.25) is 9.69 Å². The predicted octanol–water partition coefficient (Wildman–Crippen LogP) is 6.14. The first-order chi connectivity index (χ1) is 17.6. The molecule has 0 radical (unpaired) electrons. The zero-order chi connectivity index (χ0) is 26.6. The van der Waals surface area contributed by atoms with Gasteiger partial charge in [-0.2, -0.15) is 0 Å². The maximum Gasteiger partial charge on any atom is 0.407 e. The first-order valence-electron chi connectivity index (χ1n) is 12.0. The van der Waals surface area contributed by atoms with Crippen molar-refractivity contribution in [3.05, 3.63) is 66.5 Å². The maximum atomic E-state index is 12.1. The molecule has 0 bridgehead atoms. The average Bonchev–Trinajstić information content (AvgIpc) is 3.53. The monoisotopic (exact) mass is 541 g/mol. The molecule has 0 spiro atoms. The van der Waals surface area contributed by atoms with Crippen LogP contribution in [-0.2, 0) is 16.0 Å². The fourth-order valence-corrected chi connectivity index (χ4v) is 5.93. The first-order valence-corrected chi connectivity index (χ1v) is 13.8. The normalized spacial score (nSPS) is 17.9. The standard InChI is InChI=1S/C26H31N5O4S2/c1-5-20(32)29-17-10-8-16(9-11-17)23-18(7-6-12-31(23)25(33)34)30-24-28-14-22(37-24)36-15-21-27-13-19(35-21)26(2,3)4/h5,8-11,13-14,18,23H,1,6-7,12,15H2,2-4H3,(H,28,30)(H,29,32)(H,33,34). The van der Waals surface area contributed by atoms with Gasteiger partial charge in [0, 0.05) is 17.6 Å². The van der Waals surface area contributed by atoms with Crippen LogP contribution in [0.4, 0.5) is 15.6 Å². The van der Waals surface area contributed by atoms with Gasteiger partial charge in [-0.05, 0) is 36.6 Å². The molecule has 3 aromatic rings. The summed E-state index contributed by atoms with van der Waals surface area (Å²) < 4.78 is 6.90. The fourth-order valence-electron chi connectivity index (χ4n) is 4.14. The molecule has 1 aliphatic heterocycles. The van der Waals surface area contributed by atoms with E-state index in [1.807, 2.05) is 18.3 Å². The minimum atomic E-state index is -0.962. The zero-order valence-electron chi connectivity index (χ0n) is 21.1. The third kappa shape index (κ3) is 6.72. The molecule has 1 aromatic carbocycles. The number of rotatable bonds is 8. The third-order valence-corrected chi connectivity index (χ3v) is 8.11. The molecule has 4 rings (SSSR count). The smallest absolute Gasteiger partial charge is 0.407 e. The Kier molecular flexibility index (Phi) is 8.23. The molecular formula is C26H31N5O4S2.